The largest absolute Gasteiger partial charge is 0.488 e. The standard InChI is InChI=1S/C34H32BNO2/c37-35(38)29-10-16-32(17-11-29)36(30-12-6-25(7-13-30)24-4-2-1-3-5-24)31-14-8-26(9-15-31)33-20-23-18-27-19-28(22-33)34(27,33)21-23/h1-17,23,27-28,37-38H,18-22H2. The van der Waals surface area contributed by atoms with E-state index >= 15 is 0 Å². The molecule has 0 radical (unpaired) electrons. The first-order valence-electron chi connectivity index (χ1n) is 14.1. The molecule has 4 heteroatoms. The van der Waals surface area contributed by atoms with Crippen LogP contribution in [0.25, 0.3) is 11.1 Å². The van der Waals surface area contributed by atoms with E-state index in [0.29, 0.717) is 16.3 Å². The van der Waals surface area contributed by atoms with Crippen molar-refractivity contribution in [2.75, 3.05) is 4.90 Å². The first-order valence-corrected chi connectivity index (χ1v) is 14.1. The van der Waals surface area contributed by atoms with Gasteiger partial charge in [0.2, 0.25) is 0 Å². The minimum atomic E-state index is -1.47. The molecule has 4 aliphatic rings. The second-order valence-corrected chi connectivity index (χ2v) is 12.2. The number of rotatable bonds is 6. The van der Waals surface area contributed by atoms with Crippen molar-refractivity contribution in [3.05, 3.63) is 109 Å². The van der Waals surface area contributed by atoms with Crippen molar-refractivity contribution in [1.29, 1.82) is 0 Å². The number of nitrogens with zero attached hydrogens (tertiary/aromatic N) is 1. The van der Waals surface area contributed by atoms with Gasteiger partial charge in [-0.05, 0) is 114 Å². The zero-order chi connectivity index (χ0) is 25.5. The highest BCUT2D eigenvalue weighted by molar-refractivity contribution is 6.58. The normalized spacial score (nSPS) is 29.8. The van der Waals surface area contributed by atoms with Crippen LogP contribution in [0.1, 0.15) is 37.7 Å². The number of hydrogen-bond acceptors (Lipinski definition) is 3. The predicted molar refractivity (Wildman–Crippen MR) is 154 cm³/mol. The second-order valence-electron chi connectivity index (χ2n) is 12.2. The van der Waals surface area contributed by atoms with Crippen LogP contribution in [0.5, 0.6) is 0 Å². The van der Waals surface area contributed by atoms with Gasteiger partial charge in [-0.1, -0.05) is 66.7 Å². The van der Waals surface area contributed by atoms with E-state index in [-0.39, 0.29) is 0 Å². The highest BCUT2D eigenvalue weighted by Gasteiger charge is 2.80. The highest BCUT2D eigenvalue weighted by atomic mass is 16.4. The fourth-order valence-corrected chi connectivity index (χ4v) is 9.29. The Morgan fingerprint density at radius 2 is 1.21 bits per heavy atom. The molecule has 0 aromatic heterocycles. The minimum Gasteiger partial charge on any atom is -0.423 e. The van der Waals surface area contributed by atoms with Crippen molar-refractivity contribution in [3.63, 3.8) is 0 Å². The smallest absolute Gasteiger partial charge is 0.423 e. The molecule has 2 N–H and O–H groups in total. The van der Waals surface area contributed by atoms with Crippen LogP contribution in [-0.4, -0.2) is 17.2 Å². The molecular formula is C34H32BNO2. The van der Waals surface area contributed by atoms with Gasteiger partial charge >= 0.3 is 7.12 Å². The molecule has 4 aliphatic carbocycles. The Kier molecular flexibility index (Phi) is 4.81. The van der Waals surface area contributed by atoms with Gasteiger partial charge in [0, 0.05) is 22.5 Å². The van der Waals surface area contributed by atoms with Crippen molar-refractivity contribution in [1.82, 2.24) is 0 Å². The van der Waals surface area contributed by atoms with Crippen molar-refractivity contribution in [3.8, 4) is 11.1 Å². The lowest BCUT2D eigenvalue weighted by Gasteiger charge is -2.73. The molecule has 5 atom stereocenters. The fraction of sp³-hybridized carbons (Fsp3) is 0.294. The average molecular weight is 497 g/mol. The maximum absolute atomic E-state index is 9.62. The van der Waals surface area contributed by atoms with Gasteiger partial charge in [0.15, 0.2) is 0 Å². The molecule has 0 heterocycles. The van der Waals surface area contributed by atoms with E-state index < -0.39 is 7.12 Å². The molecule has 4 aromatic carbocycles. The summed E-state index contributed by atoms with van der Waals surface area (Å²) in [5.74, 6) is 2.92. The lowest BCUT2D eigenvalue weighted by atomic mass is 9.31. The number of hydrogen-bond donors (Lipinski definition) is 2. The molecular weight excluding hydrogens is 465 g/mol. The Labute approximate surface area is 224 Å². The van der Waals surface area contributed by atoms with Gasteiger partial charge in [0.25, 0.3) is 0 Å². The maximum Gasteiger partial charge on any atom is 0.488 e. The third-order valence-electron chi connectivity index (χ3n) is 10.8. The molecule has 0 aliphatic heterocycles. The summed E-state index contributed by atoms with van der Waals surface area (Å²) >= 11 is 0. The molecule has 0 amide bonds. The van der Waals surface area contributed by atoms with Crippen LogP contribution in [-0.2, 0) is 5.41 Å². The van der Waals surface area contributed by atoms with Gasteiger partial charge in [0.05, 0.1) is 0 Å². The first kappa shape index (κ1) is 22.6. The van der Waals surface area contributed by atoms with E-state index in [2.05, 4.69) is 77.7 Å². The SMILES string of the molecule is OB(O)c1ccc(N(c2ccc(-c3ccccc3)cc2)c2ccc(C34CC5CC6CC(C3)C64C5)cc2)cc1. The first-order chi connectivity index (χ1) is 18.6. The van der Waals surface area contributed by atoms with Crippen molar-refractivity contribution >= 4 is 29.6 Å². The van der Waals surface area contributed by atoms with Gasteiger partial charge in [-0.3, -0.25) is 0 Å². The summed E-state index contributed by atoms with van der Waals surface area (Å²) in [6.45, 7) is 0. The van der Waals surface area contributed by atoms with Crippen LogP contribution in [0.2, 0.25) is 0 Å². The summed E-state index contributed by atoms with van der Waals surface area (Å²) in [6, 6.07) is 36.1. The number of fused-ring (bicyclic) bond motifs is 1. The third kappa shape index (κ3) is 2.99. The monoisotopic (exact) mass is 497 g/mol. The minimum absolute atomic E-state index is 0.434. The van der Waals surface area contributed by atoms with Gasteiger partial charge < -0.3 is 14.9 Å². The molecule has 188 valence electrons. The zero-order valence-corrected chi connectivity index (χ0v) is 21.5. The zero-order valence-electron chi connectivity index (χ0n) is 21.5. The van der Waals surface area contributed by atoms with Gasteiger partial charge in [0.1, 0.15) is 0 Å². The van der Waals surface area contributed by atoms with Gasteiger partial charge in [-0.25, -0.2) is 0 Å². The second kappa shape index (κ2) is 8.08. The van der Waals surface area contributed by atoms with Crippen molar-refractivity contribution < 1.29 is 10.0 Å². The van der Waals surface area contributed by atoms with E-state index in [1.165, 1.54) is 43.2 Å². The molecule has 3 nitrogen and oxygen atoms in total. The van der Waals surface area contributed by atoms with E-state index in [1.807, 2.05) is 18.2 Å². The molecule has 4 aromatic rings. The van der Waals surface area contributed by atoms with Crippen LogP contribution < -0.4 is 10.4 Å². The Balaban J connectivity index is 1.16. The summed E-state index contributed by atoms with van der Waals surface area (Å²) < 4.78 is 0. The molecule has 1 spiro atoms. The van der Waals surface area contributed by atoms with E-state index in [4.69, 9.17) is 0 Å². The highest BCUT2D eigenvalue weighted by Crippen LogP contribution is 2.86. The predicted octanol–water partition coefficient (Wildman–Crippen LogP) is 6.58. The quantitative estimate of drug-likeness (QED) is 0.296. The average Bonchev–Trinajstić information content (AvgIpc) is 3.45. The molecule has 4 saturated carbocycles. The van der Waals surface area contributed by atoms with Crippen LogP contribution in [0, 0.1) is 23.2 Å². The van der Waals surface area contributed by atoms with E-state index in [9.17, 15) is 10.0 Å². The summed E-state index contributed by atoms with van der Waals surface area (Å²) in [5, 5.41) is 19.2. The van der Waals surface area contributed by atoms with Crippen LogP contribution in [0.4, 0.5) is 17.1 Å². The summed E-state index contributed by atoms with van der Waals surface area (Å²) in [5.41, 5.74) is 8.70. The van der Waals surface area contributed by atoms with E-state index in [0.717, 1.165) is 34.8 Å². The number of anilines is 3. The van der Waals surface area contributed by atoms with Crippen molar-refractivity contribution in [2.24, 2.45) is 23.2 Å². The Morgan fingerprint density at radius 1 is 0.605 bits per heavy atom. The van der Waals surface area contributed by atoms with Crippen molar-refractivity contribution in [2.45, 2.75) is 37.5 Å². The van der Waals surface area contributed by atoms with E-state index in [1.54, 1.807) is 17.7 Å². The molecule has 0 saturated heterocycles. The molecule has 2 bridgehead atoms. The lowest BCUT2D eigenvalue weighted by molar-refractivity contribution is -0.198. The molecule has 38 heavy (non-hydrogen) atoms. The lowest BCUT2D eigenvalue weighted by Crippen LogP contribution is -2.68. The van der Waals surface area contributed by atoms with Crippen LogP contribution >= 0.6 is 0 Å². The maximum atomic E-state index is 9.62. The Bertz CT molecular complexity index is 1480. The van der Waals surface area contributed by atoms with Crippen LogP contribution in [0.3, 0.4) is 0 Å². The molecule has 8 rings (SSSR count). The third-order valence-corrected chi connectivity index (χ3v) is 10.8. The summed E-state index contributed by atoms with van der Waals surface area (Å²) in [4.78, 5) is 2.26. The topological polar surface area (TPSA) is 43.7 Å². The van der Waals surface area contributed by atoms with Gasteiger partial charge in [-0.15, -0.1) is 0 Å². The van der Waals surface area contributed by atoms with Crippen LogP contribution in [0.15, 0.2) is 103 Å². The molecule has 5 unspecified atom stereocenters. The Morgan fingerprint density at radius 3 is 1.82 bits per heavy atom. The molecule has 4 fully saturated rings. The number of benzene rings is 4. The summed E-state index contributed by atoms with van der Waals surface area (Å²) in [7, 11) is -1.47. The Hall–Kier alpha value is -3.34. The summed E-state index contributed by atoms with van der Waals surface area (Å²) in [6.07, 6.45) is 7.25. The fourth-order valence-electron chi connectivity index (χ4n) is 9.29. The van der Waals surface area contributed by atoms with Gasteiger partial charge in [-0.2, -0.15) is 0 Å².